The van der Waals surface area contributed by atoms with E-state index >= 15 is 0 Å². The van der Waals surface area contributed by atoms with Crippen LogP contribution in [0.2, 0.25) is 0 Å². The van der Waals surface area contributed by atoms with E-state index in [9.17, 15) is 58.7 Å². The monoisotopic (exact) mass is 1510 g/mol. The lowest BCUT2D eigenvalue weighted by Crippen LogP contribution is -2.69. The fourth-order valence-electron chi connectivity index (χ4n) is 9.78. The maximum atomic E-state index is 13.5. The lowest BCUT2D eigenvalue weighted by Gasteiger charge is -2.51. The Labute approximate surface area is 541 Å². The molecule has 5 saturated heterocycles. The Bertz CT molecular complexity index is 2560. The molecule has 0 aromatic heterocycles. The molecule has 25 atom stereocenters. The molecular weight excluding hydrogens is 1450 g/mol. The second kappa shape index (κ2) is 39.6. The van der Waals surface area contributed by atoms with Gasteiger partial charge in [0.15, 0.2) is 105 Å². The summed E-state index contributed by atoms with van der Waals surface area (Å²) in [6, 6.07) is -1.41. The third kappa shape index (κ3) is 23.3. The zero-order valence-electron chi connectivity index (χ0n) is 47.9. The molecule has 56 heteroatoms. The van der Waals surface area contributed by atoms with Crippen molar-refractivity contribution in [3.63, 3.8) is 0 Å². The zero-order chi connectivity index (χ0) is 69.0. The molecule has 93 heavy (non-hydrogen) atoms. The Hall–Kier alpha value is -1.37. The average molecular weight is 1510 g/mol. The minimum Gasteiger partial charge on any atom is -0.479 e. The largest absolute Gasteiger partial charge is 0.479 e. The van der Waals surface area contributed by atoms with Gasteiger partial charge in [0.25, 0.3) is 0 Å². The molecule has 0 aromatic rings. The SMILES string of the molecule is COC1C(OC)[C@H](O[C@H]2O[C@@H](COS(=O)(=O)O)[C@@H](O[C@@H]3OC(C(=O)O)[C@@H](O[C@@H]4OC(COS(=O)(=O)O)[C@@H](OC)[C@H](OC)C4N)[C@H](OC)C3OC)C(OSOOO)C2OSOOO)[C@H](C(=O)O)O[C@@H]1O[C@@H]1C(COS(=O)(=O)O)O[C@H](OC)C(OSOOO)[C@H]1OSOOO. The standard InChI is InChI=1S/C37H63NO48S7/c1-56-15-11(8-63-91(47,48)49)66-33(14(38)18(15)57-2)71-21-19(58-3)27(60-5)35(73-25(21)31(39)40)70-17-13(10-65-93(53,54)55)68-37(30(78-90-86-82-46)24(17)76-88-84-80-44)72-22-20(59-4)28(61-6)36(74-26(22)32(41)42)69-16-12(9-64-92(50,51)52)67-34(62-7)29(77-89-85-81-45)23(16)75-87-83-79-43/h11-30,33-37,43-46H,8-10,38H2,1-7H3,(H,39,40)(H,41,42)(H,47,48,49)(H,50,51,52)(H,53,54,55)/t11?,12?,13-,14?,15+,16+,17+,18+,19-,20?,21-,22-,23-,24?,25?,26+,27?,28?,29?,30?,33-,34-,35+,36-,37+/m0/s1. The Morgan fingerprint density at radius 2 is 0.656 bits per heavy atom. The van der Waals surface area contributed by atoms with Crippen molar-refractivity contribution < 1.29 is 222 Å². The molecule has 0 spiro atoms. The molecule has 5 aliphatic heterocycles. The molecule has 49 nitrogen and oxygen atoms in total. The number of nitrogens with two attached hydrogens (primary N) is 1. The Morgan fingerprint density at radius 3 is 0.978 bits per heavy atom. The molecule has 0 amide bonds. The molecule has 0 saturated carbocycles. The van der Waals surface area contributed by atoms with Gasteiger partial charge in [0.2, 0.25) is 0 Å². The topological polar surface area (TPSA) is 631 Å². The quantitative estimate of drug-likeness (QED) is 0.00925. The number of carbonyl (C=O) groups is 2. The molecule has 0 aromatic carbocycles. The van der Waals surface area contributed by atoms with E-state index in [1.807, 2.05) is 0 Å². The minimum absolute atomic E-state index is 0.101. The second-order valence-electron chi connectivity index (χ2n) is 18.3. The molecule has 0 aliphatic carbocycles. The first-order valence-corrected chi connectivity index (χ1v) is 31.8. The first-order chi connectivity index (χ1) is 44.1. The molecular formula is C37H63NO48S7. The third-order valence-corrected chi connectivity index (χ3v) is 16.3. The van der Waals surface area contributed by atoms with Crippen LogP contribution >= 0.6 is 49.3 Å². The average Bonchev–Trinajstić information content (AvgIpc) is 0.772. The van der Waals surface area contributed by atoms with Crippen molar-refractivity contribution >= 4 is 92.4 Å². The molecule has 0 radical (unpaired) electrons. The highest BCUT2D eigenvalue weighted by Gasteiger charge is 2.61. The van der Waals surface area contributed by atoms with Gasteiger partial charge in [-0.25, -0.2) is 43.2 Å². The van der Waals surface area contributed by atoms with Crippen LogP contribution in [-0.4, -0.2) is 305 Å². The molecule has 0 bridgehead atoms. The van der Waals surface area contributed by atoms with E-state index in [2.05, 4.69) is 50.0 Å². The van der Waals surface area contributed by atoms with Gasteiger partial charge in [0.1, 0.15) is 91.6 Å². The summed E-state index contributed by atoms with van der Waals surface area (Å²) in [6.07, 6.45) is -46.4. The first kappa shape index (κ1) is 82.3. The van der Waals surface area contributed by atoms with Gasteiger partial charge in [0, 0.05) is 49.8 Å². The second-order valence-corrected chi connectivity index (χ2v) is 23.4. The van der Waals surface area contributed by atoms with Crippen molar-refractivity contribution in [2.24, 2.45) is 5.73 Å². The Kier molecular flexibility index (Phi) is 35.0. The number of aliphatic carboxylic acids is 2. The lowest BCUT2D eigenvalue weighted by atomic mass is 9.94. The highest BCUT2D eigenvalue weighted by molar-refractivity contribution is 7.90. The molecule has 5 aliphatic rings. The van der Waals surface area contributed by atoms with Gasteiger partial charge >= 0.3 is 43.1 Å². The molecule has 11 N–H and O–H groups in total. The fourth-order valence-corrected chi connectivity index (χ4v) is 12.1. The number of methoxy groups -OCH3 is 7. The summed E-state index contributed by atoms with van der Waals surface area (Å²) in [5.74, 6) is -3.81. The van der Waals surface area contributed by atoms with Crippen LogP contribution in [0.25, 0.3) is 0 Å². The summed E-state index contributed by atoms with van der Waals surface area (Å²) in [7, 11) is -8.62. The van der Waals surface area contributed by atoms with Gasteiger partial charge in [0.05, 0.1) is 25.9 Å². The normalized spacial score (nSPS) is 37.2. The molecule has 5 heterocycles. The van der Waals surface area contributed by atoms with Crippen LogP contribution < -0.4 is 5.73 Å². The number of carboxylic acid groups (broad SMARTS) is 2. The summed E-state index contributed by atoms with van der Waals surface area (Å²) in [5.41, 5.74) is 6.46. The summed E-state index contributed by atoms with van der Waals surface area (Å²) >= 11 is -0.825. The Morgan fingerprint density at radius 1 is 0.366 bits per heavy atom. The summed E-state index contributed by atoms with van der Waals surface area (Å²) in [4.78, 5) is 26.7. The van der Waals surface area contributed by atoms with Crippen molar-refractivity contribution in [3.8, 4) is 0 Å². The molecule has 10 unspecified atom stereocenters. The molecule has 5 fully saturated rings. The van der Waals surface area contributed by atoms with Crippen molar-refractivity contribution in [1.82, 2.24) is 0 Å². The van der Waals surface area contributed by atoms with Gasteiger partial charge in [-0.1, -0.05) is 20.2 Å². The first-order valence-electron chi connectivity index (χ1n) is 25.0. The predicted molar refractivity (Wildman–Crippen MR) is 279 cm³/mol. The smallest absolute Gasteiger partial charge is 0.397 e. The van der Waals surface area contributed by atoms with Crippen LogP contribution in [0.1, 0.15) is 0 Å². The van der Waals surface area contributed by atoms with Gasteiger partial charge in [-0.2, -0.15) is 25.3 Å². The van der Waals surface area contributed by atoms with Crippen molar-refractivity contribution in [2.75, 3.05) is 69.6 Å². The van der Waals surface area contributed by atoms with Gasteiger partial charge < -0.3 is 91.7 Å². The van der Waals surface area contributed by atoms with Crippen LogP contribution in [0.5, 0.6) is 0 Å². The fraction of sp³-hybridized carbons (Fsp3) is 0.946. The number of ether oxygens (including phenoxy) is 16. The van der Waals surface area contributed by atoms with E-state index in [0.717, 1.165) is 35.5 Å². The van der Waals surface area contributed by atoms with E-state index in [-0.39, 0.29) is 49.3 Å². The van der Waals surface area contributed by atoms with E-state index in [1.54, 1.807) is 0 Å². The molecule has 5 rings (SSSR count). The predicted octanol–water partition coefficient (Wildman–Crippen LogP) is -3.68. The van der Waals surface area contributed by atoms with Crippen LogP contribution in [-0.2, 0) is 183 Å². The number of carboxylic acids is 2. The maximum absolute atomic E-state index is 13.5. The van der Waals surface area contributed by atoms with E-state index in [4.69, 9.17) is 119 Å². The van der Waals surface area contributed by atoms with Crippen LogP contribution in [0.4, 0.5) is 0 Å². The van der Waals surface area contributed by atoms with Crippen LogP contribution in [0.15, 0.2) is 0 Å². The van der Waals surface area contributed by atoms with Gasteiger partial charge in [-0.15, -0.1) is 17.3 Å². The van der Waals surface area contributed by atoms with Crippen molar-refractivity contribution in [1.29, 1.82) is 0 Å². The number of hydrogen-bond acceptors (Lipinski definition) is 48. The van der Waals surface area contributed by atoms with Gasteiger partial charge in [-0.3, -0.25) is 30.4 Å². The number of rotatable bonds is 42. The van der Waals surface area contributed by atoms with E-state index in [0.29, 0.717) is 0 Å². The van der Waals surface area contributed by atoms with Crippen LogP contribution in [0, 0.1) is 0 Å². The van der Waals surface area contributed by atoms with E-state index in [1.165, 1.54) is 14.2 Å². The Balaban J connectivity index is 1.58. The minimum atomic E-state index is -5.53. The highest BCUT2D eigenvalue weighted by atomic mass is 32.3. The summed E-state index contributed by atoms with van der Waals surface area (Å²) in [6.45, 7) is -3.55. The van der Waals surface area contributed by atoms with E-state index < -0.39 is 216 Å². The van der Waals surface area contributed by atoms with Gasteiger partial charge in [-0.05, 0) is 0 Å². The van der Waals surface area contributed by atoms with Crippen molar-refractivity contribution in [2.45, 2.75) is 153 Å². The molecule has 546 valence electrons. The third-order valence-electron chi connectivity index (χ3n) is 13.4. The maximum Gasteiger partial charge on any atom is 0.397 e. The highest BCUT2D eigenvalue weighted by Crippen LogP contribution is 2.42. The van der Waals surface area contributed by atoms with Crippen molar-refractivity contribution in [3.05, 3.63) is 0 Å². The summed E-state index contributed by atoms with van der Waals surface area (Å²) < 4.78 is 247. The zero-order valence-corrected chi connectivity index (χ0v) is 53.7. The summed E-state index contributed by atoms with van der Waals surface area (Å²) in [5, 5.41) is 71.9. The lowest BCUT2D eigenvalue weighted by molar-refractivity contribution is -0.437. The van der Waals surface area contributed by atoms with Crippen LogP contribution in [0.3, 0.4) is 0 Å². The number of hydrogen-bond donors (Lipinski definition) is 10.